The van der Waals surface area contributed by atoms with Gasteiger partial charge in [-0.15, -0.1) is 0 Å². The number of anilines is 2. The van der Waals surface area contributed by atoms with Gasteiger partial charge in [0.05, 0.1) is 5.02 Å². The highest BCUT2D eigenvalue weighted by molar-refractivity contribution is 6.32. The van der Waals surface area contributed by atoms with Crippen LogP contribution in [0.15, 0.2) is 48.5 Å². The number of hydrogen-bond donors (Lipinski definition) is 2. The van der Waals surface area contributed by atoms with Crippen LogP contribution in [0.3, 0.4) is 0 Å². The molecule has 0 atom stereocenters. The number of halogens is 1. The zero-order valence-corrected chi connectivity index (χ0v) is 10.9. The minimum Gasteiger partial charge on any atom is -0.482 e. The minimum atomic E-state index is -0.273. The first kappa shape index (κ1) is 13.2. The average Bonchev–Trinajstić information content (AvgIpc) is 2.38. The molecule has 5 heteroatoms. The Labute approximate surface area is 116 Å². The fourth-order valence-electron chi connectivity index (χ4n) is 1.52. The van der Waals surface area contributed by atoms with Gasteiger partial charge in [-0.1, -0.05) is 29.8 Å². The smallest absolute Gasteiger partial charge is 0.262 e. The van der Waals surface area contributed by atoms with Gasteiger partial charge in [0, 0.05) is 11.4 Å². The maximum atomic E-state index is 11.7. The van der Waals surface area contributed by atoms with Gasteiger partial charge in [-0.2, -0.15) is 0 Å². The molecule has 0 spiro atoms. The molecular weight excluding hydrogens is 264 g/mol. The maximum absolute atomic E-state index is 11.7. The molecule has 0 aliphatic rings. The molecule has 0 unspecified atom stereocenters. The molecule has 3 N–H and O–H groups in total. The number of para-hydroxylation sites is 1. The van der Waals surface area contributed by atoms with Crippen molar-refractivity contribution < 1.29 is 9.53 Å². The number of ether oxygens (including phenoxy) is 1. The second-order valence-electron chi connectivity index (χ2n) is 3.89. The van der Waals surface area contributed by atoms with Crippen LogP contribution >= 0.6 is 11.6 Å². The molecule has 0 aliphatic carbocycles. The summed E-state index contributed by atoms with van der Waals surface area (Å²) in [5.74, 6) is 0.206. The molecule has 2 aromatic carbocycles. The number of rotatable bonds is 4. The monoisotopic (exact) mass is 276 g/mol. The van der Waals surface area contributed by atoms with Crippen molar-refractivity contribution in [1.29, 1.82) is 0 Å². The van der Waals surface area contributed by atoms with Gasteiger partial charge in [0.2, 0.25) is 0 Å². The lowest BCUT2D eigenvalue weighted by molar-refractivity contribution is -0.118. The number of hydrogen-bond acceptors (Lipinski definition) is 3. The molecule has 4 nitrogen and oxygen atoms in total. The second kappa shape index (κ2) is 6.11. The Hall–Kier alpha value is -2.20. The first-order chi connectivity index (χ1) is 9.15. The highest BCUT2D eigenvalue weighted by Gasteiger charge is 2.05. The third-order valence-corrected chi connectivity index (χ3v) is 2.68. The molecule has 0 saturated carbocycles. The fraction of sp³-hybridized carbons (Fsp3) is 0.0714. The Morgan fingerprint density at radius 1 is 1.21 bits per heavy atom. The first-order valence-electron chi connectivity index (χ1n) is 5.68. The summed E-state index contributed by atoms with van der Waals surface area (Å²) in [7, 11) is 0. The van der Waals surface area contributed by atoms with Crippen LogP contribution in [0.5, 0.6) is 5.75 Å². The van der Waals surface area contributed by atoms with Crippen LogP contribution in [0.25, 0.3) is 0 Å². The zero-order chi connectivity index (χ0) is 13.7. The number of benzene rings is 2. The van der Waals surface area contributed by atoms with E-state index in [4.69, 9.17) is 22.1 Å². The number of nitrogens with two attached hydrogens (primary N) is 1. The van der Waals surface area contributed by atoms with Crippen molar-refractivity contribution in [2.75, 3.05) is 17.7 Å². The van der Waals surface area contributed by atoms with Crippen molar-refractivity contribution in [2.24, 2.45) is 0 Å². The van der Waals surface area contributed by atoms with Crippen LogP contribution in [-0.4, -0.2) is 12.5 Å². The Morgan fingerprint density at radius 3 is 2.74 bits per heavy atom. The molecular formula is C14H13ClN2O2. The van der Waals surface area contributed by atoms with Gasteiger partial charge in [-0.05, 0) is 30.3 Å². The van der Waals surface area contributed by atoms with Gasteiger partial charge in [-0.25, -0.2) is 0 Å². The van der Waals surface area contributed by atoms with Crippen molar-refractivity contribution >= 4 is 28.9 Å². The van der Waals surface area contributed by atoms with Gasteiger partial charge >= 0.3 is 0 Å². The Bertz CT molecular complexity index is 587. The van der Waals surface area contributed by atoms with Crippen LogP contribution < -0.4 is 15.8 Å². The predicted octanol–water partition coefficient (Wildman–Crippen LogP) is 2.94. The summed E-state index contributed by atoms with van der Waals surface area (Å²) in [6.45, 7) is -0.113. The highest BCUT2D eigenvalue weighted by atomic mass is 35.5. The molecule has 0 bridgehead atoms. The maximum Gasteiger partial charge on any atom is 0.262 e. The van der Waals surface area contributed by atoms with Crippen LogP contribution in [0, 0.1) is 0 Å². The molecule has 2 rings (SSSR count). The van der Waals surface area contributed by atoms with Gasteiger partial charge < -0.3 is 15.8 Å². The number of amides is 1. The summed E-state index contributed by atoms with van der Waals surface area (Å²) >= 11 is 5.92. The van der Waals surface area contributed by atoms with E-state index in [1.54, 1.807) is 48.5 Å². The van der Waals surface area contributed by atoms with Crippen molar-refractivity contribution in [2.45, 2.75) is 0 Å². The van der Waals surface area contributed by atoms with E-state index in [2.05, 4.69) is 5.32 Å². The Balaban J connectivity index is 1.90. The Morgan fingerprint density at radius 2 is 2.00 bits per heavy atom. The third kappa shape index (κ3) is 3.89. The van der Waals surface area contributed by atoms with Crippen molar-refractivity contribution in [3.05, 3.63) is 53.6 Å². The summed E-state index contributed by atoms with van der Waals surface area (Å²) in [6, 6.07) is 13.9. The summed E-state index contributed by atoms with van der Waals surface area (Å²) < 4.78 is 5.33. The van der Waals surface area contributed by atoms with E-state index in [0.717, 1.165) is 0 Å². The minimum absolute atomic E-state index is 0.113. The first-order valence-corrected chi connectivity index (χ1v) is 6.05. The average molecular weight is 277 g/mol. The van der Waals surface area contributed by atoms with Crippen LogP contribution in [0.1, 0.15) is 0 Å². The van der Waals surface area contributed by atoms with E-state index in [-0.39, 0.29) is 12.5 Å². The summed E-state index contributed by atoms with van der Waals surface area (Å²) in [5, 5.41) is 3.16. The lowest BCUT2D eigenvalue weighted by atomic mass is 10.3. The van der Waals surface area contributed by atoms with Gasteiger partial charge in [0.15, 0.2) is 6.61 Å². The molecule has 0 radical (unpaired) electrons. The van der Waals surface area contributed by atoms with Crippen molar-refractivity contribution in [3.63, 3.8) is 0 Å². The molecule has 0 fully saturated rings. The normalized spacial score (nSPS) is 9.95. The number of carbonyl (C=O) groups is 1. The second-order valence-corrected chi connectivity index (χ2v) is 4.30. The molecule has 2 aromatic rings. The standard InChI is InChI=1S/C14H13ClN2O2/c15-12-6-1-2-7-13(12)19-9-14(18)17-11-5-3-4-10(16)8-11/h1-8H,9,16H2,(H,17,18). The van der Waals surface area contributed by atoms with E-state index in [9.17, 15) is 4.79 Å². The molecule has 19 heavy (non-hydrogen) atoms. The summed E-state index contributed by atoms with van der Waals surface area (Å²) in [5.41, 5.74) is 6.84. The van der Waals surface area contributed by atoms with Crippen LogP contribution in [-0.2, 0) is 4.79 Å². The van der Waals surface area contributed by atoms with Crippen LogP contribution in [0.4, 0.5) is 11.4 Å². The lowest BCUT2D eigenvalue weighted by Crippen LogP contribution is -2.20. The largest absolute Gasteiger partial charge is 0.482 e. The number of carbonyl (C=O) groups excluding carboxylic acids is 1. The topological polar surface area (TPSA) is 64.3 Å². The third-order valence-electron chi connectivity index (χ3n) is 2.37. The highest BCUT2D eigenvalue weighted by Crippen LogP contribution is 2.23. The Kier molecular flexibility index (Phi) is 4.26. The van der Waals surface area contributed by atoms with Crippen molar-refractivity contribution in [3.8, 4) is 5.75 Å². The van der Waals surface area contributed by atoms with Gasteiger partial charge in [0.1, 0.15) is 5.75 Å². The fourth-order valence-corrected chi connectivity index (χ4v) is 1.71. The van der Waals surface area contributed by atoms with Crippen LogP contribution in [0.2, 0.25) is 5.02 Å². The van der Waals surface area contributed by atoms with Crippen molar-refractivity contribution in [1.82, 2.24) is 0 Å². The van der Waals surface area contributed by atoms with E-state index in [1.807, 2.05) is 0 Å². The lowest BCUT2D eigenvalue weighted by Gasteiger charge is -2.08. The van der Waals surface area contributed by atoms with E-state index in [0.29, 0.717) is 22.1 Å². The molecule has 0 saturated heterocycles. The van der Waals surface area contributed by atoms with E-state index < -0.39 is 0 Å². The molecule has 1 amide bonds. The molecule has 0 heterocycles. The number of nitrogens with one attached hydrogen (secondary N) is 1. The van der Waals surface area contributed by atoms with E-state index in [1.165, 1.54) is 0 Å². The summed E-state index contributed by atoms with van der Waals surface area (Å²) in [4.78, 5) is 11.7. The number of nitrogen functional groups attached to an aromatic ring is 1. The SMILES string of the molecule is Nc1cccc(NC(=O)COc2ccccc2Cl)c1. The quantitative estimate of drug-likeness (QED) is 0.844. The zero-order valence-electron chi connectivity index (χ0n) is 10.1. The molecule has 0 aromatic heterocycles. The summed E-state index contributed by atoms with van der Waals surface area (Å²) in [6.07, 6.45) is 0. The van der Waals surface area contributed by atoms with E-state index >= 15 is 0 Å². The molecule has 98 valence electrons. The van der Waals surface area contributed by atoms with Gasteiger partial charge in [0.25, 0.3) is 5.91 Å². The molecule has 0 aliphatic heterocycles. The van der Waals surface area contributed by atoms with Gasteiger partial charge in [-0.3, -0.25) is 4.79 Å². The predicted molar refractivity (Wildman–Crippen MR) is 76.4 cm³/mol.